The molecule has 2 aliphatic rings. The number of hydrogen-bond donors (Lipinski definition) is 1. The number of ether oxygens (including phenoxy) is 2. The van der Waals surface area contributed by atoms with Gasteiger partial charge in [0.1, 0.15) is 5.60 Å². The van der Waals surface area contributed by atoms with Crippen LogP contribution < -0.4 is 5.32 Å². The first-order valence-corrected chi connectivity index (χ1v) is 7.74. The second-order valence-electron chi connectivity index (χ2n) is 5.21. The SMILES string of the molecule is CCC1(CC)CSC(=NCC2(OC)CCOC2)N1. The molecule has 0 radical (unpaired) electrons. The Balaban J connectivity index is 1.95. The van der Waals surface area contributed by atoms with Crippen molar-refractivity contribution in [2.75, 3.05) is 32.6 Å². The van der Waals surface area contributed by atoms with Gasteiger partial charge in [0.15, 0.2) is 5.17 Å². The van der Waals surface area contributed by atoms with Crippen LogP contribution in [-0.4, -0.2) is 48.9 Å². The molecule has 2 fully saturated rings. The Kier molecular flexibility index (Phi) is 4.56. The highest BCUT2D eigenvalue weighted by molar-refractivity contribution is 8.14. The van der Waals surface area contributed by atoms with Gasteiger partial charge in [-0.2, -0.15) is 0 Å². The summed E-state index contributed by atoms with van der Waals surface area (Å²) in [5.74, 6) is 1.12. The van der Waals surface area contributed by atoms with Gasteiger partial charge in [0, 0.05) is 31.4 Å². The minimum absolute atomic E-state index is 0.196. The predicted molar refractivity (Wildman–Crippen MR) is 76.4 cm³/mol. The molecule has 1 N–H and O–H groups in total. The number of nitrogens with zero attached hydrogens (tertiary/aromatic N) is 1. The second kappa shape index (κ2) is 5.80. The minimum atomic E-state index is -0.196. The van der Waals surface area contributed by atoms with Crippen LogP contribution in [0.15, 0.2) is 4.99 Å². The fraction of sp³-hybridized carbons (Fsp3) is 0.923. The maximum absolute atomic E-state index is 5.59. The Bertz CT molecular complexity index is 310. The van der Waals surface area contributed by atoms with Gasteiger partial charge in [-0.05, 0) is 12.8 Å². The molecule has 5 heteroatoms. The summed E-state index contributed by atoms with van der Waals surface area (Å²) in [5, 5.41) is 4.66. The molecule has 4 nitrogen and oxygen atoms in total. The molecular weight excluding hydrogens is 248 g/mol. The Hall–Kier alpha value is -0.260. The summed E-state index contributed by atoms with van der Waals surface area (Å²) in [4.78, 5) is 4.70. The molecular formula is C13H24N2O2S. The van der Waals surface area contributed by atoms with Crippen LogP contribution in [0.1, 0.15) is 33.1 Å². The van der Waals surface area contributed by atoms with Gasteiger partial charge in [0.2, 0.25) is 0 Å². The third-order valence-corrected chi connectivity index (χ3v) is 5.42. The largest absolute Gasteiger partial charge is 0.378 e. The molecule has 18 heavy (non-hydrogen) atoms. The Labute approximate surface area is 114 Å². The van der Waals surface area contributed by atoms with E-state index in [-0.39, 0.29) is 11.1 Å². The summed E-state index contributed by atoms with van der Waals surface area (Å²) < 4.78 is 11.0. The third-order valence-electron chi connectivity index (χ3n) is 4.22. The van der Waals surface area contributed by atoms with Crippen molar-refractivity contribution in [1.29, 1.82) is 0 Å². The summed E-state index contributed by atoms with van der Waals surface area (Å²) >= 11 is 1.83. The van der Waals surface area contributed by atoms with Crippen molar-refractivity contribution >= 4 is 16.9 Å². The molecule has 0 aromatic rings. The van der Waals surface area contributed by atoms with E-state index < -0.39 is 0 Å². The van der Waals surface area contributed by atoms with Crippen molar-refractivity contribution in [2.24, 2.45) is 4.99 Å². The average Bonchev–Trinajstić information content (AvgIpc) is 3.05. The molecule has 2 aliphatic heterocycles. The molecule has 0 aliphatic carbocycles. The van der Waals surface area contributed by atoms with Crippen LogP contribution in [0, 0.1) is 0 Å². The van der Waals surface area contributed by atoms with Gasteiger partial charge in [-0.1, -0.05) is 25.6 Å². The first-order chi connectivity index (χ1) is 8.67. The molecule has 0 saturated carbocycles. The summed E-state index contributed by atoms with van der Waals surface area (Å²) in [7, 11) is 1.76. The summed E-state index contributed by atoms with van der Waals surface area (Å²) in [6.45, 7) is 6.62. The van der Waals surface area contributed by atoms with Gasteiger partial charge in [-0.3, -0.25) is 4.99 Å². The topological polar surface area (TPSA) is 42.9 Å². The lowest BCUT2D eigenvalue weighted by molar-refractivity contribution is -0.00899. The number of rotatable bonds is 5. The summed E-state index contributed by atoms with van der Waals surface area (Å²) in [6.07, 6.45) is 3.24. The van der Waals surface area contributed by atoms with Gasteiger partial charge in [-0.25, -0.2) is 0 Å². The maximum atomic E-state index is 5.59. The monoisotopic (exact) mass is 272 g/mol. The molecule has 0 spiro atoms. The molecule has 2 saturated heterocycles. The number of hydrogen-bond acceptors (Lipinski definition) is 4. The molecule has 0 bridgehead atoms. The first kappa shape index (κ1) is 14.2. The van der Waals surface area contributed by atoms with Crippen LogP contribution in [-0.2, 0) is 9.47 Å². The average molecular weight is 272 g/mol. The lowest BCUT2D eigenvalue weighted by atomic mass is 9.96. The van der Waals surface area contributed by atoms with Crippen molar-refractivity contribution in [2.45, 2.75) is 44.2 Å². The Morgan fingerprint density at radius 2 is 2.22 bits per heavy atom. The van der Waals surface area contributed by atoms with Crippen LogP contribution in [0.25, 0.3) is 0 Å². The molecule has 1 atom stereocenters. The van der Waals surface area contributed by atoms with E-state index in [4.69, 9.17) is 14.5 Å². The zero-order chi connectivity index (χ0) is 13.1. The van der Waals surface area contributed by atoms with Crippen molar-refractivity contribution in [3.05, 3.63) is 0 Å². The van der Waals surface area contributed by atoms with E-state index in [1.807, 2.05) is 11.8 Å². The zero-order valence-electron chi connectivity index (χ0n) is 11.6. The highest BCUT2D eigenvalue weighted by atomic mass is 32.2. The Morgan fingerprint density at radius 3 is 2.72 bits per heavy atom. The molecule has 2 heterocycles. The predicted octanol–water partition coefficient (Wildman–Crippen LogP) is 2.04. The number of nitrogens with one attached hydrogen (secondary N) is 1. The van der Waals surface area contributed by atoms with Crippen molar-refractivity contribution in [1.82, 2.24) is 5.32 Å². The maximum Gasteiger partial charge on any atom is 0.157 e. The van der Waals surface area contributed by atoms with Crippen molar-refractivity contribution < 1.29 is 9.47 Å². The van der Waals surface area contributed by atoms with E-state index in [9.17, 15) is 0 Å². The summed E-state index contributed by atoms with van der Waals surface area (Å²) in [6, 6.07) is 0. The van der Waals surface area contributed by atoms with Gasteiger partial charge in [0.25, 0.3) is 0 Å². The van der Waals surface area contributed by atoms with Crippen LogP contribution >= 0.6 is 11.8 Å². The molecule has 0 aromatic carbocycles. The normalized spacial score (nSPS) is 32.9. The molecule has 0 amide bonds. The quantitative estimate of drug-likeness (QED) is 0.832. The smallest absolute Gasteiger partial charge is 0.157 e. The van der Waals surface area contributed by atoms with Gasteiger partial charge in [-0.15, -0.1) is 0 Å². The van der Waals surface area contributed by atoms with E-state index >= 15 is 0 Å². The van der Waals surface area contributed by atoms with Crippen LogP contribution in [0.4, 0.5) is 0 Å². The van der Waals surface area contributed by atoms with Gasteiger partial charge < -0.3 is 14.8 Å². The van der Waals surface area contributed by atoms with E-state index in [0.29, 0.717) is 13.2 Å². The van der Waals surface area contributed by atoms with Crippen molar-refractivity contribution in [3.8, 4) is 0 Å². The molecule has 2 rings (SSSR count). The lowest BCUT2D eigenvalue weighted by Crippen LogP contribution is -2.43. The van der Waals surface area contributed by atoms with E-state index in [1.54, 1.807) is 7.11 Å². The van der Waals surface area contributed by atoms with Crippen LogP contribution in [0.3, 0.4) is 0 Å². The van der Waals surface area contributed by atoms with E-state index in [2.05, 4.69) is 19.2 Å². The van der Waals surface area contributed by atoms with Crippen LogP contribution in [0.2, 0.25) is 0 Å². The summed E-state index contributed by atoms with van der Waals surface area (Å²) in [5.41, 5.74) is 0.0504. The third kappa shape index (κ3) is 2.83. The first-order valence-electron chi connectivity index (χ1n) is 6.76. The molecule has 104 valence electrons. The second-order valence-corrected chi connectivity index (χ2v) is 6.18. The highest BCUT2D eigenvalue weighted by Crippen LogP contribution is 2.30. The standard InChI is InChI=1S/C13H24N2O2S/c1-4-12(5-2)10-18-11(15-12)14-8-13(16-3)6-7-17-9-13/h4-10H2,1-3H3,(H,14,15). The fourth-order valence-corrected chi connectivity index (χ4v) is 3.71. The molecule has 0 aromatic heterocycles. The van der Waals surface area contributed by atoms with E-state index in [1.165, 1.54) is 0 Å². The number of methoxy groups -OCH3 is 1. The van der Waals surface area contributed by atoms with Gasteiger partial charge in [0.05, 0.1) is 13.2 Å². The molecule has 1 unspecified atom stereocenters. The minimum Gasteiger partial charge on any atom is -0.378 e. The van der Waals surface area contributed by atoms with Gasteiger partial charge >= 0.3 is 0 Å². The number of aliphatic imine (C=N–C) groups is 1. The van der Waals surface area contributed by atoms with Crippen LogP contribution in [0.5, 0.6) is 0 Å². The Morgan fingerprint density at radius 1 is 1.44 bits per heavy atom. The lowest BCUT2D eigenvalue weighted by Gasteiger charge is -2.26. The highest BCUT2D eigenvalue weighted by Gasteiger charge is 2.37. The number of amidine groups is 1. The van der Waals surface area contributed by atoms with Crippen molar-refractivity contribution in [3.63, 3.8) is 0 Å². The zero-order valence-corrected chi connectivity index (χ0v) is 12.4. The number of thioether (sulfide) groups is 1. The fourth-order valence-electron chi connectivity index (χ4n) is 2.38. The van der Waals surface area contributed by atoms with E-state index in [0.717, 1.165) is 36.8 Å².